The third-order valence-corrected chi connectivity index (χ3v) is 23.2. The highest BCUT2D eigenvalue weighted by molar-refractivity contribution is 6.30. The normalized spacial score (nSPS) is 22.0. The van der Waals surface area contributed by atoms with E-state index in [1.165, 1.54) is 70.6 Å². The maximum atomic E-state index is 14.2. The van der Waals surface area contributed by atoms with Crippen molar-refractivity contribution < 1.29 is 91.2 Å². The second kappa shape index (κ2) is 51.1. The minimum absolute atomic E-state index is 0.0265. The number of rotatable bonds is 31. The summed E-state index contributed by atoms with van der Waals surface area (Å²) in [6, 6.07) is 6.61. The predicted octanol–water partition coefficient (Wildman–Crippen LogP) is 11.0. The number of likely N-dealkylation sites (N-methyl/N-ethyl adjacent to an activating group) is 4. The van der Waals surface area contributed by atoms with Gasteiger partial charge in [-0.05, 0) is 203 Å². The third-order valence-electron chi connectivity index (χ3n) is 22.7. The fourth-order valence-corrected chi connectivity index (χ4v) is 13.5. The molecule has 16 atom stereocenters. The highest BCUT2D eigenvalue weighted by Crippen LogP contribution is 2.31. The number of ether oxygens (including phenoxy) is 4. The molecule has 123 heavy (non-hydrogen) atoms. The van der Waals surface area contributed by atoms with E-state index >= 15 is 0 Å². The van der Waals surface area contributed by atoms with Crippen molar-refractivity contribution in [3.05, 3.63) is 116 Å². The van der Waals surface area contributed by atoms with E-state index in [0.717, 1.165) is 16.0 Å². The molecule has 8 N–H and O–H groups in total. The van der Waals surface area contributed by atoms with Gasteiger partial charge in [0.2, 0.25) is 41.4 Å². The molecule has 0 aliphatic carbocycles. The number of carboxylic acid groups (broad SMARTS) is 1. The molecule has 1 aliphatic heterocycles. The number of nitrogens with two attached hydrogens (primary N) is 1. The Hall–Kier alpha value is -9.48. The lowest BCUT2D eigenvalue weighted by Crippen LogP contribution is -2.60. The van der Waals surface area contributed by atoms with Gasteiger partial charge in [-0.1, -0.05) is 168 Å². The maximum Gasteiger partial charge on any atom is 0.334 e. The number of nitrogens with zero attached hydrogens (tertiary/aromatic N) is 4. The van der Waals surface area contributed by atoms with Gasteiger partial charge >= 0.3 is 29.8 Å². The van der Waals surface area contributed by atoms with Gasteiger partial charge in [-0.25, -0.2) is 19.2 Å². The fourth-order valence-electron chi connectivity index (χ4n) is 13.2. The molecule has 688 valence electrons. The number of allylic oxidation sites excluding steroid dienone is 4. The molecule has 3 rings (SSSR count). The number of cyclic esters (lactones) is 2. The van der Waals surface area contributed by atoms with Gasteiger partial charge in [-0.3, -0.25) is 47.9 Å². The minimum atomic E-state index is -1.51. The summed E-state index contributed by atoms with van der Waals surface area (Å²) in [6.07, 6.45) is 5.79. The molecule has 0 aromatic heterocycles. The molecule has 31 heteroatoms. The number of amides is 9. The van der Waals surface area contributed by atoms with Gasteiger partial charge in [0.1, 0.15) is 59.5 Å². The average molecular weight is 1760 g/mol. The Morgan fingerprint density at radius 3 is 1.84 bits per heavy atom. The van der Waals surface area contributed by atoms with Crippen molar-refractivity contribution in [3.63, 3.8) is 0 Å². The summed E-state index contributed by atoms with van der Waals surface area (Å²) in [4.78, 5) is 194. The smallest absolute Gasteiger partial charge is 0.334 e. The topological polar surface area (TPSA) is 395 Å². The van der Waals surface area contributed by atoms with E-state index in [-0.39, 0.29) is 84.2 Å². The van der Waals surface area contributed by atoms with Crippen LogP contribution in [-0.2, 0) is 98.9 Å². The van der Waals surface area contributed by atoms with Crippen molar-refractivity contribution >= 4 is 106 Å². The summed E-state index contributed by atoms with van der Waals surface area (Å²) in [6.45, 7) is 41.3. The highest BCUT2D eigenvalue weighted by Gasteiger charge is 2.42. The van der Waals surface area contributed by atoms with Crippen molar-refractivity contribution in [2.45, 2.75) is 289 Å². The summed E-state index contributed by atoms with van der Waals surface area (Å²) in [5.74, 6) is -10.9. The molecule has 0 bridgehead atoms. The lowest BCUT2D eigenvalue weighted by molar-refractivity contribution is -0.159. The summed E-state index contributed by atoms with van der Waals surface area (Å²) in [7, 11) is 5.64. The Kier molecular flexibility index (Phi) is 45.5. The molecule has 2 aromatic carbocycles. The van der Waals surface area contributed by atoms with Crippen molar-refractivity contribution in [2.24, 2.45) is 53.1 Å². The second-order valence-electron chi connectivity index (χ2n) is 35.2. The minimum Gasteiger partial charge on any atom is -0.480 e. The molecule has 0 saturated heterocycles. The third kappa shape index (κ3) is 35.2. The van der Waals surface area contributed by atoms with Crippen LogP contribution in [0.25, 0.3) is 0 Å². The van der Waals surface area contributed by atoms with Gasteiger partial charge in [0, 0.05) is 62.2 Å². The van der Waals surface area contributed by atoms with Crippen molar-refractivity contribution in [3.8, 4) is 0 Å². The quantitative estimate of drug-likeness (QED) is 0.0160. The van der Waals surface area contributed by atoms with Gasteiger partial charge in [0.25, 0.3) is 11.8 Å². The molecule has 0 spiro atoms. The first kappa shape index (κ1) is 110. The van der Waals surface area contributed by atoms with Gasteiger partial charge in [-0.2, -0.15) is 0 Å². The first-order valence-electron chi connectivity index (χ1n) is 42.5. The molecule has 2 unspecified atom stereocenters. The molecule has 1 heterocycles. The molecule has 0 saturated carbocycles. The summed E-state index contributed by atoms with van der Waals surface area (Å²) >= 11 is 12.2. The van der Waals surface area contributed by atoms with Crippen LogP contribution in [0, 0.1) is 47.3 Å². The van der Waals surface area contributed by atoms with Crippen molar-refractivity contribution in [2.75, 3.05) is 41.3 Å². The highest BCUT2D eigenvalue weighted by atomic mass is 35.5. The molecule has 9 amide bonds. The summed E-state index contributed by atoms with van der Waals surface area (Å²) in [5, 5.41) is 24.0. The maximum absolute atomic E-state index is 14.2. The van der Waals surface area contributed by atoms with E-state index in [2.05, 4.69) is 26.6 Å². The van der Waals surface area contributed by atoms with E-state index in [4.69, 9.17) is 47.9 Å². The van der Waals surface area contributed by atoms with Crippen molar-refractivity contribution in [1.82, 2.24) is 46.2 Å². The van der Waals surface area contributed by atoms with E-state index < -0.39 is 168 Å². The van der Waals surface area contributed by atoms with Crippen LogP contribution in [-0.4, -0.2) is 221 Å². The molecule has 0 fully saturated rings. The monoisotopic (exact) mass is 1760 g/mol. The molecule has 2 aromatic rings. The zero-order valence-electron chi connectivity index (χ0n) is 77.8. The van der Waals surface area contributed by atoms with E-state index in [9.17, 15) is 72.2 Å². The van der Waals surface area contributed by atoms with Crippen LogP contribution in [0.2, 0.25) is 10.0 Å². The largest absolute Gasteiger partial charge is 0.480 e. The number of benzene rings is 2. The Morgan fingerprint density at radius 2 is 1.33 bits per heavy atom. The van der Waals surface area contributed by atoms with Gasteiger partial charge in [-0.15, -0.1) is 0 Å². The van der Waals surface area contributed by atoms with Crippen LogP contribution < -0.4 is 32.3 Å². The van der Waals surface area contributed by atoms with Crippen molar-refractivity contribution in [1.29, 1.82) is 0 Å². The number of halogens is 2. The van der Waals surface area contributed by atoms with Crippen LogP contribution in [0.4, 0.5) is 0 Å². The predicted molar refractivity (Wildman–Crippen MR) is 476 cm³/mol. The Morgan fingerprint density at radius 1 is 0.756 bits per heavy atom. The van der Waals surface area contributed by atoms with Crippen LogP contribution in [0.5, 0.6) is 0 Å². The van der Waals surface area contributed by atoms with E-state index in [1.807, 2.05) is 102 Å². The Balaban J connectivity index is 0.000000833. The SMILES string of the molecule is C/C=C(\C)[C@@H](OC(=O)C(C)(C)N)[C@@H](C)[C@@H](C)C/C=C(\C)C(=O)O[C@H](CC(C)C)C(=O)N[C@@H](C)C(=O)N(C)[C@H](Cc1ccc(Cl)cc1)C(=O)N(C)CC(=O)N[C@H](C(=O)O)C(C)CC.C/C=C(\C)[C@H]1OC(=O)C(C)(C)NC(=O)[C@H](C(C)CC)NC(=O)CN(C)C(=O)[C@@H](Cc2ccc(Cl)cc2)N(C)C(=O)[C@H](C)NC(=O)[C@@H](CC(C)C)OC(=O)/C(C)=C/C[C@H](C)[C@@H]1C. The summed E-state index contributed by atoms with van der Waals surface area (Å²) < 4.78 is 23.4. The number of carbonyl (C=O) groups is 14. The number of aliphatic carboxylic acids is 1. The van der Waals surface area contributed by atoms with Crippen LogP contribution >= 0.6 is 23.2 Å². The number of esters is 4. The Bertz CT molecular complexity index is 4080. The van der Waals surface area contributed by atoms with Crippen LogP contribution in [0.1, 0.15) is 216 Å². The molecule has 1 aliphatic rings. The number of hydrogen-bond donors (Lipinski definition) is 7. The molecule has 0 radical (unpaired) electrons. The Labute approximate surface area is 739 Å². The number of carboxylic acids is 1. The molecule has 29 nitrogen and oxygen atoms in total. The average Bonchev–Trinajstić information content (AvgIpc) is 0.811. The first-order valence-corrected chi connectivity index (χ1v) is 43.2. The molecular weight excluding hydrogens is 1620 g/mol. The first-order chi connectivity index (χ1) is 57.0. The zero-order valence-corrected chi connectivity index (χ0v) is 79.3. The van der Waals surface area contributed by atoms with Gasteiger partial charge in [0.15, 0.2) is 12.2 Å². The van der Waals surface area contributed by atoms with Gasteiger partial charge in [0.05, 0.1) is 13.1 Å². The number of hydrogen-bond acceptors (Lipinski definition) is 19. The van der Waals surface area contributed by atoms with Crippen LogP contribution in [0.15, 0.2) is 95.1 Å². The number of carbonyl (C=O) groups excluding carboxylic acids is 13. The van der Waals surface area contributed by atoms with Gasteiger partial charge < -0.3 is 76.0 Å². The van der Waals surface area contributed by atoms with E-state index in [1.54, 1.807) is 109 Å². The standard InChI is InChI=1S/C46H72ClN5O10.C46H70ClN5O9/c1-15-27(5)38(43(57)58)50-37(53)25-51(13)42(56)35(24-33-19-21-34(47)22-20-33)52(14)41(55)32(10)49-40(54)36(23-26(3)4)61-44(59)30(8)18-17-29(7)31(9)39(28(6)16-2)62-45(60)46(11,12)48;1-15-27(5)38-41(55)50-46(11,12)45(59)61-39(28(6)16-2)31(9)29(7)17-18-30(8)44(58)60-36(23-26(3)4)40(54)48-32(10)42(56)52(14)35(24-33-19-21-34(47)22-20-33)43(57)51(13)25-37(53)49-38/h16,18-22,26-27,29,31-32,35-36,38-39H,15,17,23-25,48H2,1-14H3,(H,49,54)(H,50,53)(H,57,58);16,18-22,26-27,29,31-32,35-36,38-39H,15,17,23-25H2,1-14H3,(H,48,54)(H,49,53)(H,50,55)/b2*28-16+,30-18+/t2*27?,29-,31-,32-,35+,36+,38-,39+/m00/s1. The summed E-state index contributed by atoms with van der Waals surface area (Å²) in [5.41, 5.74) is 6.85. The molecular formula is C92H142Cl2N10O19. The fraction of sp³-hybridized carbons (Fsp3) is 0.630. The van der Waals surface area contributed by atoms with E-state index in [0.29, 0.717) is 46.9 Å². The zero-order chi connectivity index (χ0) is 94.3. The second-order valence-corrected chi connectivity index (χ2v) is 36.0. The van der Waals surface area contributed by atoms with Crippen LogP contribution in [0.3, 0.4) is 0 Å². The number of nitrogens with one attached hydrogen (secondary N) is 5. The lowest BCUT2D eigenvalue weighted by Gasteiger charge is -2.34. The lowest BCUT2D eigenvalue weighted by atomic mass is 9.84.